The molecule has 2 rings (SSSR count). The summed E-state index contributed by atoms with van der Waals surface area (Å²) in [4.78, 5) is 13.6. The van der Waals surface area contributed by atoms with Gasteiger partial charge in [-0.15, -0.1) is 0 Å². The van der Waals surface area contributed by atoms with Crippen LogP contribution in [-0.2, 0) is 4.74 Å². The van der Waals surface area contributed by atoms with Crippen molar-refractivity contribution in [3.8, 4) is 5.75 Å². The summed E-state index contributed by atoms with van der Waals surface area (Å²) in [5, 5.41) is 0. The second-order valence-corrected chi connectivity index (χ2v) is 5.77. The van der Waals surface area contributed by atoms with E-state index < -0.39 is 5.60 Å². The Morgan fingerprint density at radius 2 is 1.95 bits per heavy atom. The molecule has 4 heteroatoms. The maximum atomic E-state index is 11.9. The van der Waals surface area contributed by atoms with Crippen LogP contribution in [0.4, 0.5) is 4.79 Å². The Balaban J connectivity index is 1.85. The Kier molecular flexibility index (Phi) is 3.98. The molecule has 1 aliphatic rings. The van der Waals surface area contributed by atoms with Crippen molar-refractivity contribution in [2.24, 2.45) is 0 Å². The zero-order valence-corrected chi connectivity index (χ0v) is 11.8. The average molecular weight is 263 g/mol. The molecule has 1 aromatic rings. The number of rotatable bonds is 2. The fourth-order valence-corrected chi connectivity index (χ4v) is 2.01. The van der Waals surface area contributed by atoms with Crippen LogP contribution < -0.4 is 4.74 Å². The molecule has 1 saturated heterocycles. The number of nitrogens with zero attached hydrogens (tertiary/aromatic N) is 1. The number of hydrogen-bond donors (Lipinski definition) is 0. The van der Waals surface area contributed by atoms with Crippen molar-refractivity contribution in [3.05, 3.63) is 30.3 Å². The number of carbonyl (C=O) groups is 1. The number of carbonyl (C=O) groups excluding carboxylic acids is 1. The second-order valence-electron chi connectivity index (χ2n) is 5.77. The molecule has 0 spiro atoms. The molecular formula is C15H21NO3. The van der Waals surface area contributed by atoms with Crippen LogP contribution in [0.1, 0.15) is 27.2 Å². The molecule has 0 bridgehead atoms. The molecule has 4 nitrogen and oxygen atoms in total. The lowest BCUT2D eigenvalue weighted by atomic mass is 10.2. The van der Waals surface area contributed by atoms with Crippen molar-refractivity contribution < 1.29 is 14.3 Å². The molecule has 104 valence electrons. The molecule has 0 aliphatic carbocycles. The van der Waals surface area contributed by atoms with Crippen molar-refractivity contribution >= 4 is 6.09 Å². The first kappa shape index (κ1) is 13.7. The monoisotopic (exact) mass is 263 g/mol. The molecule has 1 aliphatic heterocycles. The Hall–Kier alpha value is -1.71. The van der Waals surface area contributed by atoms with Gasteiger partial charge in [0.2, 0.25) is 0 Å². The number of benzene rings is 1. The minimum absolute atomic E-state index is 0.0509. The lowest BCUT2D eigenvalue weighted by Gasteiger charge is -2.24. The normalized spacial score (nSPS) is 19.3. The summed E-state index contributed by atoms with van der Waals surface area (Å²) >= 11 is 0. The minimum atomic E-state index is -0.449. The van der Waals surface area contributed by atoms with Crippen molar-refractivity contribution in [1.29, 1.82) is 0 Å². The number of ether oxygens (including phenoxy) is 2. The van der Waals surface area contributed by atoms with Crippen molar-refractivity contribution in [2.45, 2.75) is 38.9 Å². The van der Waals surface area contributed by atoms with E-state index in [0.29, 0.717) is 13.1 Å². The summed E-state index contributed by atoms with van der Waals surface area (Å²) in [6, 6.07) is 9.69. The molecule has 0 N–H and O–H groups in total. The standard InChI is InChI=1S/C15H21NO3/c1-15(2,3)19-14(17)16-10-9-13(11-16)18-12-7-5-4-6-8-12/h4-8,13H,9-11H2,1-3H3/t13-/m1/s1. The molecular weight excluding hydrogens is 242 g/mol. The number of likely N-dealkylation sites (tertiary alicyclic amines) is 1. The van der Waals surface area contributed by atoms with Gasteiger partial charge >= 0.3 is 6.09 Å². The number of hydrogen-bond acceptors (Lipinski definition) is 3. The molecule has 19 heavy (non-hydrogen) atoms. The molecule has 1 fully saturated rings. The van der Waals surface area contributed by atoms with Crippen LogP contribution in [0.3, 0.4) is 0 Å². The lowest BCUT2D eigenvalue weighted by molar-refractivity contribution is 0.0275. The van der Waals surface area contributed by atoms with Gasteiger partial charge in [-0.2, -0.15) is 0 Å². The van der Waals surface area contributed by atoms with Gasteiger partial charge in [-0.1, -0.05) is 18.2 Å². The van der Waals surface area contributed by atoms with E-state index in [0.717, 1.165) is 12.2 Å². The minimum Gasteiger partial charge on any atom is -0.489 e. The van der Waals surface area contributed by atoms with E-state index in [4.69, 9.17) is 9.47 Å². The first-order valence-electron chi connectivity index (χ1n) is 6.64. The summed E-state index contributed by atoms with van der Waals surface area (Å²) in [5.41, 5.74) is -0.449. The molecule has 1 amide bonds. The van der Waals surface area contributed by atoms with Crippen molar-refractivity contribution in [1.82, 2.24) is 4.90 Å². The SMILES string of the molecule is CC(C)(C)OC(=O)N1CC[C@@H](Oc2ccccc2)C1. The van der Waals surface area contributed by atoms with Gasteiger partial charge < -0.3 is 14.4 Å². The summed E-state index contributed by atoms with van der Waals surface area (Å²) in [5.74, 6) is 0.846. The predicted molar refractivity (Wildman–Crippen MR) is 73.3 cm³/mol. The van der Waals surface area contributed by atoms with Gasteiger partial charge in [0.15, 0.2) is 0 Å². The number of para-hydroxylation sites is 1. The Morgan fingerprint density at radius 3 is 2.58 bits per heavy atom. The first-order valence-corrected chi connectivity index (χ1v) is 6.64. The third kappa shape index (κ3) is 4.16. The van der Waals surface area contributed by atoms with Crippen molar-refractivity contribution in [3.63, 3.8) is 0 Å². The predicted octanol–water partition coefficient (Wildman–Crippen LogP) is 3.07. The van der Waals surface area contributed by atoms with Gasteiger partial charge in [0.25, 0.3) is 0 Å². The van der Waals surface area contributed by atoms with Gasteiger partial charge in [0.05, 0.1) is 6.54 Å². The van der Waals surface area contributed by atoms with Gasteiger partial charge in [0, 0.05) is 13.0 Å². The topological polar surface area (TPSA) is 38.8 Å². The first-order chi connectivity index (χ1) is 8.94. The maximum Gasteiger partial charge on any atom is 0.410 e. The van der Waals surface area contributed by atoms with E-state index in [1.54, 1.807) is 4.90 Å². The summed E-state index contributed by atoms with van der Waals surface area (Å²) in [6.07, 6.45) is 0.635. The van der Waals surface area contributed by atoms with Gasteiger partial charge in [-0.05, 0) is 32.9 Å². The fourth-order valence-electron chi connectivity index (χ4n) is 2.01. The Labute approximate surface area is 114 Å². The second kappa shape index (κ2) is 5.51. The van der Waals surface area contributed by atoms with Crippen LogP contribution in [0.5, 0.6) is 5.75 Å². The molecule has 1 aromatic carbocycles. The zero-order valence-electron chi connectivity index (χ0n) is 11.8. The Morgan fingerprint density at radius 1 is 1.26 bits per heavy atom. The van der Waals surface area contributed by atoms with E-state index in [1.165, 1.54) is 0 Å². The summed E-state index contributed by atoms with van der Waals surface area (Å²) in [7, 11) is 0. The van der Waals surface area contributed by atoms with Crippen molar-refractivity contribution in [2.75, 3.05) is 13.1 Å². The highest BCUT2D eigenvalue weighted by molar-refractivity contribution is 5.68. The molecule has 0 aromatic heterocycles. The largest absolute Gasteiger partial charge is 0.489 e. The zero-order chi connectivity index (χ0) is 13.9. The van der Waals surface area contributed by atoms with Crippen LogP contribution in [-0.4, -0.2) is 35.8 Å². The molecule has 0 unspecified atom stereocenters. The van der Waals surface area contributed by atoms with Crippen LogP contribution in [0.25, 0.3) is 0 Å². The van der Waals surface area contributed by atoms with E-state index in [9.17, 15) is 4.79 Å². The van der Waals surface area contributed by atoms with Crippen LogP contribution in [0, 0.1) is 0 Å². The molecule has 1 atom stereocenters. The van der Waals surface area contributed by atoms with E-state index in [1.807, 2.05) is 51.1 Å². The van der Waals surface area contributed by atoms with E-state index in [2.05, 4.69) is 0 Å². The molecule has 0 saturated carbocycles. The summed E-state index contributed by atoms with van der Waals surface area (Å²) < 4.78 is 11.2. The maximum absolute atomic E-state index is 11.9. The van der Waals surface area contributed by atoms with Gasteiger partial charge in [0.1, 0.15) is 17.5 Å². The quantitative estimate of drug-likeness (QED) is 0.823. The lowest BCUT2D eigenvalue weighted by Crippen LogP contribution is -2.36. The summed E-state index contributed by atoms with van der Waals surface area (Å²) in [6.45, 7) is 6.90. The van der Waals surface area contributed by atoms with E-state index >= 15 is 0 Å². The number of amides is 1. The van der Waals surface area contributed by atoms with Gasteiger partial charge in [-0.25, -0.2) is 4.79 Å². The third-order valence-corrected chi connectivity index (χ3v) is 2.84. The molecule has 1 heterocycles. The van der Waals surface area contributed by atoms with Crippen LogP contribution in [0.2, 0.25) is 0 Å². The van der Waals surface area contributed by atoms with Crippen LogP contribution >= 0.6 is 0 Å². The Bertz CT molecular complexity index is 425. The van der Waals surface area contributed by atoms with Crippen LogP contribution in [0.15, 0.2) is 30.3 Å². The average Bonchev–Trinajstić information content (AvgIpc) is 2.77. The third-order valence-electron chi connectivity index (χ3n) is 2.84. The molecule has 0 radical (unpaired) electrons. The highest BCUT2D eigenvalue weighted by atomic mass is 16.6. The fraction of sp³-hybridized carbons (Fsp3) is 0.533. The smallest absolute Gasteiger partial charge is 0.410 e. The van der Waals surface area contributed by atoms with E-state index in [-0.39, 0.29) is 12.2 Å². The highest BCUT2D eigenvalue weighted by Crippen LogP contribution is 2.20. The van der Waals surface area contributed by atoms with Gasteiger partial charge in [-0.3, -0.25) is 0 Å². The highest BCUT2D eigenvalue weighted by Gasteiger charge is 2.30.